The lowest BCUT2D eigenvalue weighted by Crippen LogP contribution is -2.38. The van der Waals surface area contributed by atoms with E-state index in [1.54, 1.807) is 11.0 Å². The number of aliphatic hydroxyl groups is 1. The topological polar surface area (TPSA) is 60.8 Å². The molecule has 0 radical (unpaired) electrons. The van der Waals surface area contributed by atoms with Gasteiger partial charge in [-0.3, -0.25) is 4.79 Å². The first-order valence-corrected chi connectivity index (χ1v) is 6.37. The van der Waals surface area contributed by atoms with Crippen molar-refractivity contribution < 1.29 is 15.0 Å². The van der Waals surface area contributed by atoms with Crippen LogP contribution in [0.3, 0.4) is 0 Å². The van der Waals surface area contributed by atoms with Crippen molar-refractivity contribution in [2.24, 2.45) is 0 Å². The highest BCUT2D eigenvalue weighted by atomic mass is 35.5. The Hall–Kier alpha value is -1.26. The van der Waals surface area contributed by atoms with Crippen molar-refractivity contribution in [2.45, 2.75) is 25.3 Å². The summed E-state index contributed by atoms with van der Waals surface area (Å²) in [6, 6.07) is 4.53. The molecule has 1 heterocycles. The first-order valence-electron chi connectivity index (χ1n) is 5.99. The number of aliphatic hydroxyl groups excluding tert-OH is 1. The number of hydrogen-bond acceptors (Lipinski definition) is 3. The van der Waals surface area contributed by atoms with Crippen LogP contribution in [0.25, 0.3) is 0 Å². The molecule has 1 aromatic rings. The van der Waals surface area contributed by atoms with Crippen LogP contribution in [0.15, 0.2) is 18.2 Å². The molecule has 1 aromatic carbocycles. The number of amides is 1. The molecule has 0 saturated carbocycles. The highest BCUT2D eigenvalue weighted by Gasteiger charge is 2.28. The van der Waals surface area contributed by atoms with Gasteiger partial charge in [-0.15, -0.1) is 0 Å². The van der Waals surface area contributed by atoms with Gasteiger partial charge in [-0.05, 0) is 30.5 Å². The second kappa shape index (κ2) is 5.59. The molecule has 5 heteroatoms. The maximum Gasteiger partial charge on any atom is 0.227 e. The second-order valence-corrected chi connectivity index (χ2v) is 4.93. The standard InChI is InChI=1S/C13H16ClNO3/c14-12-7-11(17)4-3-9(12)6-13(18)15-5-1-2-10(15)8-16/h3-4,7,10,16-17H,1-2,5-6,8H2/t10-/m0/s1. The molecular weight excluding hydrogens is 254 g/mol. The number of halogens is 1. The lowest BCUT2D eigenvalue weighted by Gasteiger charge is -2.23. The summed E-state index contributed by atoms with van der Waals surface area (Å²) < 4.78 is 0. The Balaban J connectivity index is 2.07. The lowest BCUT2D eigenvalue weighted by molar-refractivity contribution is -0.131. The van der Waals surface area contributed by atoms with Crippen molar-refractivity contribution in [1.82, 2.24) is 4.90 Å². The highest BCUT2D eigenvalue weighted by molar-refractivity contribution is 6.31. The maximum atomic E-state index is 12.1. The van der Waals surface area contributed by atoms with Gasteiger partial charge in [0.05, 0.1) is 19.1 Å². The minimum Gasteiger partial charge on any atom is -0.508 e. The Morgan fingerprint density at radius 1 is 1.50 bits per heavy atom. The van der Waals surface area contributed by atoms with E-state index in [2.05, 4.69) is 0 Å². The van der Waals surface area contributed by atoms with Crippen LogP contribution in [0.5, 0.6) is 5.75 Å². The predicted octanol–water partition coefficient (Wildman–Crippen LogP) is 1.57. The molecule has 0 bridgehead atoms. The summed E-state index contributed by atoms with van der Waals surface area (Å²) in [4.78, 5) is 13.8. The first kappa shape index (κ1) is 13.2. The summed E-state index contributed by atoms with van der Waals surface area (Å²) in [5, 5.41) is 18.8. The van der Waals surface area contributed by atoms with E-state index in [0.717, 1.165) is 12.8 Å². The molecule has 1 aliphatic heterocycles. The number of likely N-dealkylation sites (tertiary alicyclic amines) is 1. The number of carbonyl (C=O) groups excluding carboxylic acids is 1. The van der Waals surface area contributed by atoms with Crippen LogP contribution >= 0.6 is 11.6 Å². The Morgan fingerprint density at radius 3 is 2.94 bits per heavy atom. The van der Waals surface area contributed by atoms with Gasteiger partial charge in [0.25, 0.3) is 0 Å². The number of carbonyl (C=O) groups is 1. The number of benzene rings is 1. The smallest absolute Gasteiger partial charge is 0.227 e. The lowest BCUT2D eigenvalue weighted by atomic mass is 10.1. The van der Waals surface area contributed by atoms with Crippen LogP contribution in [0.4, 0.5) is 0 Å². The summed E-state index contributed by atoms with van der Waals surface area (Å²) in [7, 11) is 0. The molecule has 0 unspecified atom stereocenters. The summed E-state index contributed by atoms with van der Waals surface area (Å²) in [6.45, 7) is 0.703. The van der Waals surface area contributed by atoms with Gasteiger partial charge >= 0.3 is 0 Å². The Labute approximate surface area is 111 Å². The van der Waals surface area contributed by atoms with Crippen LogP contribution < -0.4 is 0 Å². The molecule has 0 aliphatic carbocycles. The largest absolute Gasteiger partial charge is 0.508 e. The fourth-order valence-corrected chi connectivity index (χ4v) is 2.54. The fraction of sp³-hybridized carbons (Fsp3) is 0.462. The molecule has 2 N–H and O–H groups in total. The molecule has 18 heavy (non-hydrogen) atoms. The molecule has 1 amide bonds. The molecule has 1 atom stereocenters. The van der Waals surface area contributed by atoms with Crippen LogP contribution in [0.2, 0.25) is 5.02 Å². The Morgan fingerprint density at radius 2 is 2.28 bits per heavy atom. The van der Waals surface area contributed by atoms with Gasteiger partial charge in [0.2, 0.25) is 5.91 Å². The van der Waals surface area contributed by atoms with Gasteiger partial charge in [0, 0.05) is 11.6 Å². The monoisotopic (exact) mass is 269 g/mol. The fourth-order valence-electron chi connectivity index (χ4n) is 2.30. The summed E-state index contributed by atoms with van der Waals surface area (Å²) in [5.74, 6) is 0.0600. The summed E-state index contributed by atoms with van der Waals surface area (Å²) in [6.07, 6.45) is 1.99. The van der Waals surface area contributed by atoms with E-state index in [1.165, 1.54) is 12.1 Å². The minimum atomic E-state index is -0.0617. The number of phenols is 1. The number of phenolic OH excluding ortho intramolecular Hbond substituents is 1. The molecule has 4 nitrogen and oxygen atoms in total. The zero-order valence-corrected chi connectivity index (χ0v) is 10.7. The highest BCUT2D eigenvalue weighted by Crippen LogP contribution is 2.24. The number of aromatic hydroxyl groups is 1. The summed E-state index contributed by atoms with van der Waals surface area (Å²) in [5.41, 5.74) is 0.697. The third kappa shape index (κ3) is 2.76. The predicted molar refractivity (Wildman–Crippen MR) is 68.6 cm³/mol. The van der Waals surface area contributed by atoms with Crippen molar-refractivity contribution in [3.63, 3.8) is 0 Å². The van der Waals surface area contributed by atoms with Crippen LogP contribution in [0, 0.1) is 0 Å². The average Bonchev–Trinajstić information content (AvgIpc) is 2.81. The number of nitrogens with zero attached hydrogens (tertiary/aromatic N) is 1. The third-order valence-corrected chi connectivity index (χ3v) is 3.64. The molecule has 0 aromatic heterocycles. The van der Waals surface area contributed by atoms with E-state index >= 15 is 0 Å². The van der Waals surface area contributed by atoms with Gasteiger partial charge in [-0.1, -0.05) is 17.7 Å². The van der Waals surface area contributed by atoms with E-state index in [0.29, 0.717) is 17.1 Å². The van der Waals surface area contributed by atoms with Crippen LogP contribution in [-0.4, -0.2) is 40.2 Å². The Bertz CT molecular complexity index is 450. The number of hydrogen-bond donors (Lipinski definition) is 2. The summed E-state index contributed by atoms with van der Waals surface area (Å²) >= 11 is 5.97. The van der Waals surface area contributed by atoms with Gasteiger partial charge in [-0.2, -0.15) is 0 Å². The van der Waals surface area contributed by atoms with E-state index < -0.39 is 0 Å². The maximum absolute atomic E-state index is 12.1. The zero-order valence-electron chi connectivity index (χ0n) is 9.97. The third-order valence-electron chi connectivity index (χ3n) is 3.29. The Kier molecular flexibility index (Phi) is 4.09. The molecule has 98 valence electrons. The van der Waals surface area contributed by atoms with Crippen molar-refractivity contribution >= 4 is 17.5 Å². The van der Waals surface area contributed by atoms with E-state index in [9.17, 15) is 15.0 Å². The molecule has 1 aliphatic rings. The normalized spacial score (nSPS) is 19.2. The quantitative estimate of drug-likeness (QED) is 0.876. The van der Waals surface area contributed by atoms with E-state index in [1.807, 2.05) is 0 Å². The second-order valence-electron chi connectivity index (χ2n) is 4.52. The van der Waals surface area contributed by atoms with E-state index in [4.69, 9.17) is 11.6 Å². The van der Waals surface area contributed by atoms with Gasteiger partial charge in [-0.25, -0.2) is 0 Å². The van der Waals surface area contributed by atoms with Gasteiger partial charge in [0.1, 0.15) is 5.75 Å². The van der Waals surface area contributed by atoms with Crippen molar-refractivity contribution in [2.75, 3.05) is 13.2 Å². The molecular formula is C13H16ClNO3. The van der Waals surface area contributed by atoms with Crippen LogP contribution in [0.1, 0.15) is 18.4 Å². The van der Waals surface area contributed by atoms with Gasteiger partial charge in [0.15, 0.2) is 0 Å². The van der Waals surface area contributed by atoms with Gasteiger partial charge < -0.3 is 15.1 Å². The average molecular weight is 270 g/mol. The zero-order chi connectivity index (χ0) is 13.1. The van der Waals surface area contributed by atoms with Crippen molar-refractivity contribution in [1.29, 1.82) is 0 Å². The first-order chi connectivity index (χ1) is 8.61. The van der Waals surface area contributed by atoms with Crippen molar-refractivity contribution in [3.8, 4) is 5.75 Å². The molecule has 0 spiro atoms. The molecule has 1 saturated heterocycles. The van der Waals surface area contributed by atoms with E-state index in [-0.39, 0.29) is 30.7 Å². The molecule has 2 rings (SSSR count). The van der Waals surface area contributed by atoms with Crippen molar-refractivity contribution in [3.05, 3.63) is 28.8 Å². The molecule has 1 fully saturated rings. The minimum absolute atomic E-state index is 0.00898. The SMILES string of the molecule is O=C(Cc1ccc(O)cc1Cl)N1CCC[C@H]1CO. The number of rotatable bonds is 3. The van der Waals surface area contributed by atoms with Crippen LogP contribution in [-0.2, 0) is 11.2 Å².